The van der Waals surface area contributed by atoms with Gasteiger partial charge in [0.25, 0.3) is 5.91 Å². The molecule has 1 aromatic heterocycles. The molecular formula is C19H21Cl2N4O4PS. The number of aromatic nitrogens is 2. The molecule has 0 radical (unpaired) electrons. The van der Waals surface area contributed by atoms with Crippen molar-refractivity contribution in [2.45, 2.75) is 24.8 Å². The average molecular weight is 503 g/mol. The van der Waals surface area contributed by atoms with E-state index in [2.05, 4.69) is 10.4 Å². The van der Waals surface area contributed by atoms with Crippen LogP contribution < -0.4 is 9.62 Å². The molecule has 3 N–H and O–H groups in total. The van der Waals surface area contributed by atoms with Crippen molar-refractivity contribution in [3.05, 3.63) is 52.1 Å². The van der Waals surface area contributed by atoms with Crippen molar-refractivity contribution < 1.29 is 19.1 Å². The molecule has 0 aliphatic rings. The number of nitrogens with zero attached hydrogens (tertiary/aromatic N) is 3. The Morgan fingerprint density at radius 3 is 2.45 bits per heavy atom. The van der Waals surface area contributed by atoms with Gasteiger partial charge in [0, 0.05) is 33.4 Å². The molecular weight excluding hydrogens is 482 g/mol. The topological polar surface area (TPSA) is 108 Å². The zero-order valence-corrected chi connectivity index (χ0v) is 20.1. The summed E-state index contributed by atoms with van der Waals surface area (Å²) >= 11 is 13.2. The van der Waals surface area contributed by atoms with Gasteiger partial charge in [-0.2, -0.15) is 5.10 Å². The van der Waals surface area contributed by atoms with E-state index in [-0.39, 0.29) is 17.6 Å². The van der Waals surface area contributed by atoms with Crippen LogP contribution in [0.4, 0.5) is 5.69 Å². The number of fused-ring (bicyclic) bond motifs is 1. The standard InChI is InChI=1S/C19H21Cl2N4O4PS/c1-11(2)22-19(26)18-16-5-4-14(9-17(16)24(3)23-18)25(10-30(27,28)29)31-15-7-12(20)6-13(21)8-15/h4-9,11H,10H2,1-3H3,(H,22,26)(H2,27,28,29). The Balaban J connectivity index is 2.02. The number of nitrogens with one attached hydrogen (secondary N) is 1. The minimum Gasteiger partial charge on any atom is -0.348 e. The molecule has 0 spiro atoms. The van der Waals surface area contributed by atoms with E-state index < -0.39 is 13.9 Å². The maximum absolute atomic E-state index is 12.5. The molecule has 12 heteroatoms. The molecule has 0 saturated carbocycles. The molecule has 3 aromatic rings. The summed E-state index contributed by atoms with van der Waals surface area (Å²) in [6.45, 7) is 3.72. The van der Waals surface area contributed by atoms with E-state index in [1.54, 1.807) is 48.1 Å². The van der Waals surface area contributed by atoms with E-state index in [9.17, 15) is 19.1 Å². The van der Waals surface area contributed by atoms with Crippen LogP contribution in [0.2, 0.25) is 10.0 Å². The van der Waals surface area contributed by atoms with Crippen LogP contribution in [0.25, 0.3) is 10.9 Å². The van der Waals surface area contributed by atoms with Crippen LogP contribution >= 0.6 is 42.7 Å². The number of halogens is 2. The van der Waals surface area contributed by atoms with Crippen molar-refractivity contribution in [3.8, 4) is 0 Å². The van der Waals surface area contributed by atoms with Crippen LogP contribution in [0.1, 0.15) is 24.3 Å². The lowest BCUT2D eigenvalue weighted by Crippen LogP contribution is -2.30. The molecule has 0 atom stereocenters. The molecule has 0 aliphatic carbocycles. The largest absolute Gasteiger partial charge is 0.348 e. The molecule has 8 nitrogen and oxygen atoms in total. The Hall–Kier alpha value is -1.74. The quantitative estimate of drug-likeness (QED) is 0.318. The lowest BCUT2D eigenvalue weighted by Gasteiger charge is -2.24. The van der Waals surface area contributed by atoms with Crippen LogP contribution in [0.15, 0.2) is 41.3 Å². The summed E-state index contributed by atoms with van der Waals surface area (Å²) in [6.07, 6.45) is -0.536. The summed E-state index contributed by atoms with van der Waals surface area (Å²) in [4.78, 5) is 32.3. The van der Waals surface area contributed by atoms with E-state index in [0.29, 0.717) is 31.5 Å². The van der Waals surface area contributed by atoms with Crippen molar-refractivity contribution >= 4 is 65.2 Å². The van der Waals surface area contributed by atoms with Gasteiger partial charge >= 0.3 is 7.60 Å². The van der Waals surface area contributed by atoms with Gasteiger partial charge in [-0.3, -0.25) is 18.3 Å². The third kappa shape index (κ3) is 6.16. The van der Waals surface area contributed by atoms with Gasteiger partial charge in [0.05, 0.1) is 11.2 Å². The van der Waals surface area contributed by atoms with E-state index in [1.807, 2.05) is 13.8 Å². The lowest BCUT2D eigenvalue weighted by molar-refractivity contribution is 0.0939. The Bertz CT molecular complexity index is 1160. The van der Waals surface area contributed by atoms with E-state index in [0.717, 1.165) is 11.9 Å². The fraction of sp³-hybridized carbons (Fsp3) is 0.263. The first-order chi connectivity index (χ1) is 14.4. The number of aryl methyl sites for hydroxylation is 1. The summed E-state index contributed by atoms with van der Waals surface area (Å²) in [6, 6.07) is 9.97. The number of rotatable bonds is 7. The van der Waals surface area contributed by atoms with Gasteiger partial charge in [-0.1, -0.05) is 23.2 Å². The second-order valence-electron chi connectivity index (χ2n) is 7.18. The molecule has 166 valence electrons. The van der Waals surface area contributed by atoms with Crippen LogP contribution in [0.5, 0.6) is 0 Å². The maximum atomic E-state index is 12.5. The summed E-state index contributed by atoms with van der Waals surface area (Å²) in [5.74, 6) is -0.289. The third-order valence-electron chi connectivity index (χ3n) is 4.12. The zero-order valence-electron chi connectivity index (χ0n) is 16.9. The highest BCUT2D eigenvalue weighted by Gasteiger charge is 2.23. The highest BCUT2D eigenvalue weighted by molar-refractivity contribution is 8.01. The second kappa shape index (κ2) is 9.40. The fourth-order valence-electron chi connectivity index (χ4n) is 2.94. The van der Waals surface area contributed by atoms with Gasteiger partial charge in [0.15, 0.2) is 5.69 Å². The molecule has 0 fully saturated rings. The van der Waals surface area contributed by atoms with Crippen LogP contribution in [0, 0.1) is 0 Å². The number of hydrogen-bond acceptors (Lipinski definition) is 5. The minimum absolute atomic E-state index is 0.0384. The van der Waals surface area contributed by atoms with E-state index in [1.165, 1.54) is 4.31 Å². The molecule has 1 amide bonds. The smallest absolute Gasteiger partial charge is 0.345 e. The average Bonchev–Trinajstić information content (AvgIpc) is 2.95. The van der Waals surface area contributed by atoms with Crippen molar-refractivity contribution in [3.63, 3.8) is 0 Å². The number of carbonyl (C=O) groups excluding carboxylic acids is 1. The summed E-state index contributed by atoms with van der Waals surface area (Å²) < 4.78 is 14.8. The van der Waals surface area contributed by atoms with Crippen LogP contribution in [-0.2, 0) is 11.6 Å². The van der Waals surface area contributed by atoms with Gasteiger partial charge in [-0.15, -0.1) is 0 Å². The summed E-state index contributed by atoms with van der Waals surface area (Å²) in [5, 5.41) is 8.59. The number of amides is 1. The number of hydrogen-bond donors (Lipinski definition) is 3. The number of carbonyl (C=O) groups is 1. The fourth-order valence-corrected chi connectivity index (χ4v) is 5.61. The monoisotopic (exact) mass is 502 g/mol. The van der Waals surface area contributed by atoms with E-state index >= 15 is 0 Å². The number of benzene rings is 2. The van der Waals surface area contributed by atoms with Gasteiger partial charge in [-0.25, -0.2) is 0 Å². The van der Waals surface area contributed by atoms with Crippen molar-refractivity contribution in [1.82, 2.24) is 15.1 Å². The second-order valence-corrected chi connectivity index (χ2v) is 10.8. The first-order valence-corrected chi connectivity index (χ1v) is 12.5. The molecule has 0 aliphatic heterocycles. The Kier molecular flexibility index (Phi) is 7.25. The Labute approximate surface area is 193 Å². The minimum atomic E-state index is -4.39. The zero-order chi connectivity index (χ0) is 22.9. The predicted molar refractivity (Wildman–Crippen MR) is 125 cm³/mol. The van der Waals surface area contributed by atoms with Crippen LogP contribution in [-0.4, -0.2) is 37.8 Å². The molecule has 3 rings (SSSR count). The summed E-state index contributed by atoms with van der Waals surface area (Å²) in [5.41, 5.74) is 1.45. The molecule has 2 aromatic carbocycles. The molecule has 31 heavy (non-hydrogen) atoms. The number of anilines is 1. The highest BCUT2D eigenvalue weighted by Crippen LogP contribution is 2.42. The normalized spacial score (nSPS) is 11.9. The van der Waals surface area contributed by atoms with Gasteiger partial charge < -0.3 is 15.1 Å². The highest BCUT2D eigenvalue weighted by atomic mass is 35.5. The van der Waals surface area contributed by atoms with Crippen molar-refractivity contribution in [1.29, 1.82) is 0 Å². The van der Waals surface area contributed by atoms with E-state index in [4.69, 9.17) is 23.2 Å². The first-order valence-electron chi connectivity index (χ1n) is 9.17. The Morgan fingerprint density at radius 2 is 1.87 bits per heavy atom. The van der Waals surface area contributed by atoms with Gasteiger partial charge in [0.2, 0.25) is 0 Å². The molecule has 0 saturated heterocycles. The molecule has 1 heterocycles. The van der Waals surface area contributed by atoms with Crippen molar-refractivity contribution in [2.24, 2.45) is 7.05 Å². The molecule has 0 bridgehead atoms. The SMILES string of the molecule is CC(C)NC(=O)c1nn(C)c2cc(N(CP(=O)(O)O)Sc3cc(Cl)cc(Cl)c3)ccc12. The van der Waals surface area contributed by atoms with Crippen molar-refractivity contribution in [2.75, 3.05) is 10.6 Å². The first kappa shape index (κ1) is 23.9. The molecule has 0 unspecified atom stereocenters. The van der Waals surface area contributed by atoms with Gasteiger partial charge in [-0.05, 0) is 62.2 Å². The predicted octanol–water partition coefficient (Wildman–Crippen LogP) is 4.67. The lowest BCUT2D eigenvalue weighted by atomic mass is 10.1. The Morgan fingerprint density at radius 1 is 1.23 bits per heavy atom. The van der Waals surface area contributed by atoms with Gasteiger partial charge in [0.1, 0.15) is 6.29 Å². The maximum Gasteiger partial charge on any atom is 0.345 e. The van der Waals surface area contributed by atoms with Crippen LogP contribution in [0.3, 0.4) is 0 Å². The summed E-state index contributed by atoms with van der Waals surface area (Å²) in [7, 11) is -2.69. The third-order valence-corrected chi connectivity index (χ3v) is 6.41.